The summed E-state index contributed by atoms with van der Waals surface area (Å²) in [6.07, 6.45) is 0. The highest BCUT2D eigenvalue weighted by molar-refractivity contribution is 5.38. The third-order valence-electron chi connectivity index (χ3n) is 2.25. The summed E-state index contributed by atoms with van der Waals surface area (Å²) in [5, 5.41) is 6.60. The number of pyridine rings is 1. The fourth-order valence-corrected chi connectivity index (χ4v) is 1.37. The average molecular weight is 207 g/mol. The molecule has 0 spiro atoms. The van der Waals surface area contributed by atoms with Crippen LogP contribution in [0.3, 0.4) is 0 Å². The van der Waals surface area contributed by atoms with Gasteiger partial charge in [0.25, 0.3) is 0 Å². The lowest BCUT2D eigenvalue weighted by atomic mass is 10.2. The Bertz CT molecular complexity index is 308. The van der Waals surface area contributed by atoms with Crippen molar-refractivity contribution in [3.05, 3.63) is 23.4 Å². The molecule has 0 aliphatic carbocycles. The SMILES string of the molecule is CCNc1ccc(CNC(C)C)c(C)n1. The van der Waals surface area contributed by atoms with Gasteiger partial charge in [0.15, 0.2) is 0 Å². The van der Waals surface area contributed by atoms with E-state index >= 15 is 0 Å². The van der Waals surface area contributed by atoms with Crippen molar-refractivity contribution >= 4 is 5.82 Å². The van der Waals surface area contributed by atoms with Gasteiger partial charge in [-0.1, -0.05) is 19.9 Å². The van der Waals surface area contributed by atoms with Crippen molar-refractivity contribution in [2.24, 2.45) is 0 Å². The second-order valence-corrected chi connectivity index (χ2v) is 4.01. The maximum Gasteiger partial charge on any atom is 0.126 e. The number of aromatic nitrogens is 1. The van der Waals surface area contributed by atoms with E-state index in [2.05, 4.69) is 49.4 Å². The molecule has 0 saturated carbocycles. The lowest BCUT2D eigenvalue weighted by molar-refractivity contribution is 0.586. The number of anilines is 1. The fourth-order valence-electron chi connectivity index (χ4n) is 1.37. The zero-order chi connectivity index (χ0) is 11.3. The largest absolute Gasteiger partial charge is 0.370 e. The molecule has 0 radical (unpaired) electrons. The van der Waals surface area contributed by atoms with E-state index in [4.69, 9.17) is 0 Å². The summed E-state index contributed by atoms with van der Waals surface area (Å²) >= 11 is 0. The van der Waals surface area contributed by atoms with Crippen molar-refractivity contribution in [3.63, 3.8) is 0 Å². The molecule has 0 aromatic carbocycles. The van der Waals surface area contributed by atoms with Crippen LogP contribution in [0.2, 0.25) is 0 Å². The van der Waals surface area contributed by atoms with Crippen LogP contribution in [-0.4, -0.2) is 17.6 Å². The Kier molecular flexibility index (Phi) is 4.56. The van der Waals surface area contributed by atoms with E-state index in [0.717, 1.165) is 24.6 Å². The lowest BCUT2D eigenvalue weighted by Crippen LogP contribution is -2.22. The van der Waals surface area contributed by atoms with Gasteiger partial charge in [-0.2, -0.15) is 0 Å². The van der Waals surface area contributed by atoms with Crippen LogP contribution in [0, 0.1) is 6.92 Å². The third-order valence-corrected chi connectivity index (χ3v) is 2.25. The number of hydrogen-bond acceptors (Lipinski definition) is 3. The molecule has 2 N–H and O–H groups in total. The summed E-state index contributed by atoms with van der Waals surface area (Å²) < 4.78 is 0. The molecule has 1 aromatic rings. The molecule has 0 saturated heterocycles. The predicted molar refractivity (Wildman–Crippen MR) is 65.1 cm³/mol. The van der Waals surface area contributed by atoms with E-state index in [1.54, 1.807) is 0 Å². The van der Waals surface area contributed by atoms with Gasteiger partial charge < -0.3 is 10.6 Å². The Morgan fingerprint density at radius 1 is 1.33 bits per heavy atom. The minimum absolute atomic E-state index is 0.512. The summed E-state index contributed by atoms with van der Waals surface area (Å²) in [5.41, 5.74) is 2.37. The van der Waals surface area contributed by atoms with Gasteiger partial charge in [0, 0.05) is 24.8 Å². The zero-order valence-electron chi connectivity index (χ0n) is 10.1. The van der Waals surface area contributed by atoms with Gasteiger partial charge in [-0.3, -0.25) is 0 Å². The first kappa shape index (κ1) is 12.0. The molecule has 0 aliphatic heterocycles. The second-order valence-electron chi connectivity index (χ2n) is 4.01. The van der Waals surface area contributed by atoms with Crippen LogP contribution in [0.5, 0.6) is 0 Å². The number of hydrogen-bond donors (Lipinski definition) is 2. The van der Waals surface area contributed by atoms with Gasteiger partial charge in [-0.05, 0) is 25.5 Å². The number of nitrogens with zero attached hydrogens (tertiary/aromatic N) is 1. The highest BCUT2D eigenvalue weighted by Gasteiger charge is 2.01. The van der Waals surface area contributed by atoms with E-state index in [1.165, 1.54) is 5.56 Å². The van der Waals surface area contributed by atoms with E-state index in [0.29, 0.717) is 6.04 Å². The summed E-state index contributed by atoms with van der Waals surface area (Å²) in [7, 11) is 0. The third kappa shape index (κ3) is 3.88. The van der Waals surface area contributed by atoms with Crippen LogP contribution in [-0.2, 0) is 6.54 Å². The Morgan fingerprint density at radius 3 is 2.60 bits per heavy atom. The van der Waals surface area contributed by atoms with E-state index in [9.17, 15) is 0 Å². The first-order valence-electron chi connectivity index (χ1n) is 5.57. The normalized spacial score (nSPS) is 10.7. The summed E-state index contributed by atoms with van der Waals surface area (Å²) in [4.78, 5) is 4.49. The molecule has 84 valence electrons. The monoisotopic (exact) mass is 207 g/mol. The molecule has 3 heteroatoms. The van der Waals surface area contributed by atoms with Crippen LogP contribution < -0.4 is 10.6 Å². The van der Waals surface area contributed by atoms with E-state index < -0.39 is 0 Å². The summed E-state index contributed by atoms with van der Waals surface area (Å²) in [6.45, 7) is 10.2. The number of aryl methyl sites for hydroxylation is 1. The maximum atomic E-state index is 4.49. The highest BCUT2D eigenvalue weighted by atomic mass is 15.0. The molecule has 1 aromatic heterocycles. The molecule has 1 rings (SSSR count). The van der Waals surface area contributed by atoms with Gasteiger partial charge in [0.2, 0.25) is 0 Å². The number of nitrogens with one attached hydrogen (secondary N) is 2. The lowest BCUT2D eigenvalue weighted by Gasteiger charge is -2.11. The molecule has 15 heavy (non-hydrogen) atoms. The molecule has 3 nitrogen and oxygen atoms in total. The van der Waals surface area contributed by atoms with E-state index in [-0.39, 0.29) is 0 Å². The fraction of sp³-hybridized carbons (Fsp3) is 0.583. The molecule has 0 fully saturated rings. The Labute approximate surface area is 92.3 Å². The molecule has 0 amide bonds. The maximum absolute atomic E-state index is 4.49. The average Bonchev–Trinajstić information content (AvgIpc) is 2.17. The van der Waals surface area contributed by atoms with Crippen molar-refractivity contribution in [1.82, 2.24) is 10.3 Å². The topological polar surface area (TPSA) is 37.0 Å². The van der Waals surface area contributed by atoms with Crippen molar-refractivity contribution in [2.45, 2.75) is 40.3 Å². The Morgan fingerprint density at radius 2 is 2.07 bits per heavy atom. The van der Waals surface area contributed by atoms with Crippen LogP contribution in [0.1, 0.15) is 32.0 Å². The van der Waals surface area contributed by atoms with Crippen LogP contribution in [0.25, 0.3) is 0 Å². The summed E-state index contributed by atoms with van der Waals surface area (Å²) in [5.74, 6) is 0.961. The quantitative estimate of drug-likeness (QED) is 0.778. The van der Waals surface area contributed by atoms with Gasteiger partial charge in [-0.15, -0.1) is 0 Å². The first-order chi connectivity index (χ1) is 7.13. The van der Waals surface area contributed by atoms with Crippen LogP contribution >= 0.6 is 0 Å². The highest BCUT2D eigenvalue weighted by Crippen LogP contribution is 2.10. The van der Waals surface area contributed by atoms with Gasteiger partial charge in [-0.25, -0.2) is 4.98 Å². The summed E-state index contributed by atoms with van der Waals surface area (Å²) in [6, 6.07) is 4.68. The predicted octanol–water partition coefficient (Wildman–Crippen LogP) is 2.32. The molecule has 1 heterocycles. The molecular formula is C12H21N3. The smallest absolute Gasteiger partial charge is 0.126 e. The minimum atomic E-state index is 0.512. The van der Waals surface area contributed by atoms with Gasteiger partial charge >= 0.3 is 0 Å². The molecule has 0 aliphatic rings. The molecule has 0 atom stereocenters. The Hall–Kier alpha value is -1.09. The van der Waals surface area contributed by atoms with E-state index in [1.807, 2.05) is 6.07 Å². The van der Waals surface area contributed by atoms with Crippen molar-refractivity contribution in [3.8, 4) is 0 Å². The molecule has 0 unspecified atom stereocenters. The second kappa shape index (κ2) is 5.71. The van der Waals surface area contributed by atoms with Gasteiger partial charge in [0.05, 0.1) is 0 Å². The standard InChI is InChI=1S/C12H21N3/c1-5-13-12-7-6-11(10(4)15-12)8-14-9(2)3/h6-7,9,14H,5,8H2,1-4H3,(H,13,15). The van der Waals surface area contributed by atoms with Gasteiger partial charge in [0.1, 0.15) is 5.82 Å². The van der Waals surface area contributed by atoms with Crippen LogP contribution in [0.15, 0.2) is 12.1 Å². The molecule has 0 bridgehead atoms. The Balaban J connectivity index is 2.66. The number of rotatable bonds is 5. The minimum Gasteiger partial charge on any atom is -0.370 e. The van der Waals surface area contributed by atoms with Crippen molar-refractivity contribution in [2.75, 3.05) is 11.9 Å². The molecular weight excluding hydrogens is 186 g/mol. The first-order valence-corrected chi connectivity index (χ1v) is 5.57. The zero-order valence-corrected chi connectivity index (χ0v) is 10.1. The van der Waals surface area contributed by atoms with Crippen LogP contribution in [0.4, 0.5) is 5.82 Å². The van der Waals surface area contributed by atoms with Crippen molar-refractivity contribution in [1.29, 1.82) is 0 Å². The van der Waals surface area contributed by atoms with Crippen molar-refractivity contribution < 1.29 is 0 Å².